The van der Waals surface area contributed by atoms with Crippen LogP contribution in [0.4, 0.5) is 4.39 Å². The Morgan fingerprint density at radius 3 is 2.79 bits per heavy atom. The highest BCUT2D eigenvalue weighted by Gasteiger charge is 2.27. The predicted octanol–water partition coefficient (Wildman–Crippen LogP) is 5.85. The minimum Gasteiger partial charge on any atom is -0.337 e. The maximum Gasteiger partial charge on any atom is 0.239 e. The smallest absolute Gasteiger partial charge is 0.239 e. The molecule has 1 saturated heterocycles. The van der Waals surface area contributed by atoms with E-state index in [0.717, 1.165) is 42.5 Å². The van der Waals surface area contributed by atoms with Crippen molar-refractivity contribution in [2.24, 2.45) is 0 Å². The number of piperidine rings is 1. The number of hydrogen-bond acceptors (Lipinski definition) is 3. The van der Waals surface area contributed by atoms with Crippen LogP contribution in [0.3, 0.4) is 0 Å². The van der Waals surface area contributed by atoms with Crippen LogP contribution in [0.2, 0.25) is 10.0 Å². The number of fused-ring (bicyclic) bond motifs is 1. The number of nitrogens with zero attached hydrogens (tertiary/aromatic N) is 3. The van der Waals surface area contributed by atoms with Crippen molar-refractivity contribution < 1.29 is 9.18 Å². The van der Waals surface area contributed by atoms with Crippen molar-refractivity contribution >= 4 is 45.7 Å². The molecule has 3 aromatic rings. The SMILES string of the molecule is CC(c1ccc(Cl)cc1Cl)n1cnc2c(F)cc(C3=CCN(C(=O)[C@H]4CCCCN4)CC3)cc21. The van der Waals surface area contributed by atoms with Crippen molar-refractivity contribution in [3.05, 3.63) is 69.7 Å². The van der Waals surface area contributed by atoms with E-state index in [1.54, 1.807) is 24.5 Å². The van der Waals surface area contributed by atoms with Gasteiger partial charge in [0.25, 0.3) is 0 Å². The van der Waals surface area contributed by atoms with Gasteiger partial charge in [0.2, 0.25) is 5.91 Å². The van der Waals surface area contributed by atoms with Crippen molar-refractivity contribution in [2.75, 3.05) is 19.6 Å². The number of rotatable bonds is 4. The minimum absolute atomic E-state index is 0.0759. The van der Waals surface area contributed by atoms with E-state index < -0.39 is 0 Å². The molecule has 1 unspecified atom stereocenters. The molecule has 3 heterocycles. The summed E-state index contributed by atoms with van der Waals surface area (Å²) in [6, 6.07) is 8.70. The normalized spacial score (nSPS) is 19.8. The maximum absolute atomic E-state index is 15.0. The molecule has 34 heavy (non-hydrogen) atoms. The lowest BCUT2D eigenvalue weighted by atomic mass is 9.97. The molecule has 2 aliphatic heterocycles. The minimum atomic E-state index is -0.355. The summed E-state index contributed by atoms with van der Waals surface area (Å²) < 4.78 is 17.0. The molecule has 1 N–H and O–H groups in total. The van der Waals surface area contributed by atoms with Crippen LogP contribution in [0, 0.1) is 5.82 Å². The molecule has 0 bridgehead atoms. The molecule has 2 aromatic carbocycles. The Morgan fingerprint density at radius 2 is 2.09 bits per heavy atom. The number of imidazole rings is 1. The third-order valence-electron chi connectivity index (χ3n) is 6.96. The summed E-state index contributed by atoms with van der Waals surface area (Å²) >= 11 is 12.5. The fraction of sp³-hybridized carbons (Fsp3) is 0.385. The molecular formula is C26H27Cl2FN4O. The van der Waals surface area contributed by atoms with Crippen molar-refractivity contribution in [3.8, 4) is 0 Å². The number of carbonyl (C=O) groups excluding carboxylic acids is 1. The number of benzene rings is 2. The van der Waals surface area contributed by atoms with Crippen LogP contribution < -0.4 is 5.32 Å². The van der Waals surface area contributed by atoms with Gasteiger partial charge in [-0.25, -0.2) is 9.37 Å². The standard InChI is InChI=1S/C26H27Cl2FN4O/c1-16(20-6-5-19(27)14-21(20)28)33-15-31-25-22(29)12-18(13-24(25)33)17-7-10-32(11-8-17)26(34)23-4-2-3-9-30-23/h5-7,12-16,23,30H,2-4,8-11H2,1H3/t16?,23-/m1/s1. The first-order valence-corrected chi connectivity index (χ1v) is 12.5. The lowest BCUT2D eigenvalue weighted by Crippen LogP contribution is -2.49. The summed E-state index contributed by atoms with van der Waals surface area (Å²) in [5, 5.41) is 4.46. The fourth-order valence-corrected chi connectivity index (χ4v) is 5.56. The molecule has 0 saturated carbocycles. The van der Waals surface area contributed by atoms with Crippen LogP contribution in [0.5, 0.6) is 0 Å². The first-order chi connectivity index (χ1) is 16.4. The van der Waals surface area contributed by atoms with E-state index in [9.17, 15) is 4.79 Å². The Morgan fingerprint density at radius 1 is 1.24 bits per heavy atom. The van der Waals surface area contributed by atoms with Gasteiger partial charge in [0.05, 0.1) is 23.9 Å². The average molecular weight is 501 g/mol. The monoisotopic (exact) mass is 500 g/mol. The van der Waals surface area contributed by atoms with Crippen molar-refractivity contribution in [1.82, 2.24) is 19.8 Å². The molecule has 2 atom stereocenters. The van der Waals surface area contributed by atoms with E-state index in [0.29, 0.717) is 40.6 Å². The van der Waals surface area contributed by atoms with E-state index in [1.165, 1.54) is 0 Å². The lowest BCUT2D eigenvalue weighted by molar-refractivity contribution is -0.133. The summed E-state index contributed by atoms with van der Waals surface area (Å²) in [4.78, 5) is 19.1. The first-order valence-electron chi connectivity index (χ1n) is 11.7. The first kappa shape index (κ1) is 23.3. The molecule has 0 spiro atoms. The summed E-state index contributed by atoms with van der Waals surface area (Å²) in [7, 11) is 0. The molecule has 8 heteroatoms. The van der Waals surface area contributed by atoms with Crippen LogP contribution in [0.1, 0.15) is 49.8 Å². The Bertz CT molecular complexity index is 1270. The van der Waals surface area contributed by atoms with E-state index in [2.05, 4.69) is 10.3 Å². The van der Waals surface area contributed by atoms with Crippen LogP contribution in [-0.4, -0.2) is 46.0 Å². The number of halogens is 3. The second kappa shape index (κ2) is 9.68. The number of hydrogen-bond donors (Lipinski definition) is 1. The average Bonchev–Trinajstić information content (AvgIpc) is 3.28. The van der Waals surface area contributed by atoms with Gasteiger partial charge in [-0.3, -0.25) is 4.79 Å². The quantitative estimate of drug-likeness (QED) is 0.488. The number of carbonyl (C=O) groups is 1. The third-order valence-corrected chi connectivity index (χ3v) is 7.52. The van der Waals surface area contributed by atoms with Crippen molar-refractivity contribution in [2.45, 2.75) is 44.7 Å². The molecule has 178 valence electrons. The largest absolute Gasteiger partial charge is 0.337 e. The molecule has 1 aromatic heterocycles. The Hall–Kier alpha value is -2.41. The Kier molecular flexibility index (Phi) is 6.65. The molecule has 0 radical (unpaired) electrons. The van der Waals surface area contributed by atoms with Gasteiger partial charge in [0.15, 0.2) is 5.82 Å². The van der Waals surface area contributed by atoms with Gasteiger partial charge in [-0.05, 0) is 73.7 Å². The number of amides is 1. The van der Waals surface area contributed by atoms with Crippen LogP contribution in [0.25, 0.3) is 16.6 Å². The molecule has 1 fully saturated rings. The van der Waals surface area contributed by atoms with Gasteiger partial charge in [-0.2, -0.15) is 0 Å². The molecule has 5 nitrogen and oxygen atoms in total. The number of nitrogens with one attached hydrogen (secondary N) is 1. The molecule has 2 aliphatic rings. The van der Waals surface area contributed by atoms with Gasteiger partial charge in [-0.1, -0.05) is 41.8 Å². The van der Waals surface area contributed by atoms with Crippen LogP contribution >= 0.6 is 23.2 Å². The van der Waals surface area contributed by atoms with Gasteiger partial charge >= 0.3 is 0 Å². The summed E-state index contributed by atoms with van der Waals surface area (Å²) in [5.74, 6) is -0.185. The fourth-order valence-electron chi connectivity index (χ4n) is 4.99. The molecule has 1 amide bonds. The van der Waals surface area contributed by atoms with E-state index in [-0.39, 0.29) is 23.8 Å². The summed E-state index contributed by atoms with van der Waals surface area (Å²) in [5.41, 5.74) is 3.80. The second-order valence-electron chi connectivity index (χ2n) is 9.09. The van der Waals surface area contributed by atoms with Gasteiger partial charge < -0.3 is 14.8 Å². The summed E-state index contributed by atoms with van der Waals surface area (Å²) in [6.45, 7) is 4.09. The van der Waals surface area contributed by atoms with E-state index >= 15 is 4.39 Å². The molecular weight excluding hydrogens is 474 g/mol. The Labute approximate surface area is 208 Å². The van der Waals surface area contributed by atoms with Crippen LogP contribution in [-0.2, 0) is 4.79 Å². The zero-order chi connectivity index (χ0) is 23.8. The highest BCUT2D eigenvalue weighted by molar-refractivity contribution is 6.35. The highest BCUT2D eigenvalue weighted by Crippen LogP contribution is 2.33. The lowest BCUT2D eigenvalue weighted by Gasteiger charge is -2.32. The second-order valence-corrected chi connectivity index (χ2v) is 9.93. The van der Waals surface area contributed by atoms with E-state index in [1.807, 2.05) is 34.6 Å². The highest BCUT2D eigenvalue weighted by atomic mass is 35.5. The van der Waals surface area contributed by atoms with E-state index in [4.69, 9.17) is 23.2 Å². The zero-order valence-electron chi connectivity index (χ0n) is 19.0. The van der Waals surface area contributed by atoms with Crippen molar-refractivity contribution in [1.29, 1.82) is 0 Å². The Balaban J connectivity index is 1.41. The van der Waals surface area contributed by atoms with Gasteiger partial charge in [0, 0.05) is 23.1 Å². The molecule has 0 aliphatic carbocycles. The van der Waals surface area contributed by atoms with Crippen LogP contribution in [0.15, 0.2) is 42.7 Å². The van der Waals surface area contributed by atoms with Crippen molar-refractivity contribution in [3.63, 3.8) is 0 Å². The zero-order valence-corrected chi connectivity index (χ0v) is 20.5. The maximum atomic E-state index is 15.0. The predicted molar refractivity (Wildman–Crippen MR) is 135 cm³/mol. The topological polar surface area (TPSA) is 50.2 Å². The molecule has 5 rings (SSSR count). The van der Waals surface area contributed by atoms with Gasteiger partial charge in [-0.15, -0.1) is 0 Å². The summed E-state index contributed by atoms with van der Waals surface area (Å²) in [6.07, 6.45) is 7.50. The third kappa shape index (κ3) is 4.47. The number of aromatic nitrogens is 2. The van der Waals surface area contributed by atoms with Gasteiger partial charge in [0.1, 0.15) is 5.52 Å².